The predicted octanol–water partition coefficient (Wildman–Crippen LogP) is 4.29. The first-order chi connectivity index (χ1) is 20.1. The van der Waals surface area contributed by atoms with Gasteiger partial charge in [0.15, 0.2) is 0 Å². The molecular formula is C31H35F3N4O3S. The molecule has 5 rings (SSSR count). The zero-order valence-corrected chi connectivity index (χ0v) is 24.1. The van der Waals surface area contributed by atoms with Gasteiger partial charge in [-0.1, -0.05) is 30.3 Å². The molecule has 0 aromatic heterocycles. The number of nitrogens with two attached hydrogens (primary N) is 1. The Bertz CT molecular complexity index is 1500. The Labute approximate surface area is 244 Å². The molecule has 2 aliphatic rings. The summed E-state index contributed by atoms with van der Waals surface area (Å²) in [6.07, 6.45) is 1.82. The van der Waals surface area contributed by atoms with E-state index in [0.29, 0.717) is 43.5 Å². The third-order valence-corrected chi connectivity index (χ3v) is 10.6. The highest BCUT2D eigenvalue weighted by Crippen LogP contribution is 2.35. The number of amides is 1. The Morgan fingerprint density at radius 1 is 1.00 bits per heavy atom. The second-order valence-corrected chi connectivity index (χ2v) is 13.3. The molecule has 11 heteroatoms. The number of hydrogen-bond donors (Lipinski definition) is 3. The third-order valence-electron chi connectivity index (χ3n) is 8.04. The van der Waals surface area contributed by atoms with Crippen molar-refractivity contribution in [3.05, 3.63) is 101 Å². The molecule has 4 N–H and O–H groups in total. The lowest BCUT2D eigenvalue weighted by Gasteiger charge is -2.40. The number of piperazine rings is 1. The summed E-state index contributed by atoms with van der Waals surface area (Å²) in [6, 6.07) is 13.7. The van der Waals surface area contributed by atoms with E-state index in [2.05, 4.69) is 10.6 Å². The first kappa shape index (κ1) is 30.2. The standard InChI is InChI=1S/C31H35F3N4O3S/c1-19-17-36-18-24(38(19)42(40,41)25-12-13-25)11-14-26-27(34)9-4-10-28(26)37-31(39)30(35)29(20-5-2-7-22(32)15-20)21-6-3-8-23(33)16-21/h2-10,15-16,19,24-25,29-30,36H,11-14,17-18,35H2,1H3,(H,37,39)/t19-,24-,30-/m0/s1. The van der Waals surface area contributed by atoms with Gasteiger partial charge in [-0.15, -0.1) is 0 Å². The van der Waals surface area contributed by atoms with Crippen molar-refractivity contribution in [3.63, 3.8) is 0 Å². The van der Waals surface area contributed by atoms with Crippen molar-refractivity contribution in [2.75, 3.05) is 18.4 Å². The molecule has 42 heavy (non-hydrogen) atoms. The lowest BCUT2D eigenvalue weighted by molar-refractivity contribution is -0.117. The van der Waals surface area contributed by atoms with Gasteiger partial charge in [-0.05, 0) is 80.1 Å². The summed E-state index contributed by atoms with van der Waals surface area (Å²) in [6.45, 7) is 2.85. The number of anilines is 1. The summed E-state index contributed by atoms with van der Waals surface area (Å²) < 4.78 is 71.4. The van der Waals surface area contributed by atoms with Crippen LogP contribution in [-0.2, 0) is 21.2 Å². The van der Waals surface area contributed by atoms with Gasteiger partial charge in [-0.3, -0.25) is 4.79 Å². The van der Waals surface area contributed by atoms with Gasteiger partial charge in [-0.2, -0.15) is 4.31 Å². The SMILES string of the molecule is C[C@H]1CNC[C@H](CCc2c(F)cccc2NC(=O)[C@@H](N)C(c2cccc(F)c2)c2cccc(F)c2)N1S(=O)(=O)C1CC1. The molecule has 1 aliphatic heterocycles. The highest BCUT2D eigenvalue weighted by molar-refractivity contribution is 7.90. The number of nitrogens with zero attached hydrogens (tertiary/aromatic N) is 1. The zero-order valence-electron chi connectivity index (χ0n) is 23.3. The van der Waals surface area contributed by atoms with E-state index in [1.807, 2.05) is 6.92 Å². The van der Waals surface area contributed by atoms with Crippen LogP contribution in [0.15, 0.2) is 66.7 Å². The minimum Gasteiger partial charge on any atom is -0.324 e. The normalized spacial score (nSPS) is 20.4. The fraction of sp³-hybridized carbons (Fsp3) is 0.387. The molecule has 224 valence electrons. The molecule has 1 amide bonds. The number of carbonyl (C=O) groups excluding carboxylic acids is 1. The first-order valence-corrected chi connectivity index (χ1v) is 15.6. The Morgan fingerprint density at radius 2 is 1.62 bits per heavy atom. The predicted molar refractivity (Wildman–Crippen MR) is 156 cm³/mol. The van der Waals surface area contributed by atoms with E-state index in [-0.39, 0.29) is 35.0 Å². The average molecular weight is 601 g/mol. The van der Waals surface area contributed by atoms with Crippen molar-refractivity contribution in [2.45, 2.75) is 61.9 Å². The van der Waals surface area contributed by atoms with E-state index in [9.17, 15) is 22.0 Å². The van der Waals surface area contributed by atoms with Gasteiger partial charge in [0.1, 0.15) is 17.5 Å². The van der Waals surface area contributed by atoms with E-state index in [1.54, 1.807) is 22.5 Å². The topological polar surface area (TPSA) is 105 Å². The number of benzene rings is 3. The lowest BCUT2D eigenvalue weighted by atomic mass is 9.84. The molecule has 1 heterocycles. The minimum absolute atomic E-state index is 0.171. The number of rotatable bonds is 10. The van der Waals surface area contributed by atoms with Crippen LogP contribution in [0.4, 0.5) is 18.9 Å². The van der Waals surface area contributed by atoms with E-state index in [4.69, 9.17) is 5.73 Å². The third kappa shape index (κ3) is 6.54. The highest BCUT2D eigenvalue weighted by Gasteiger charge is 2.45. The molecule has 1 saturated carbocycles. The van der Waals surface area contributed by atoms with E-state index >= 15 is 4.39 Å². The summed E-state index contributed by atoms with van der Waals surface area (Å²) in [5.41, 5.74) is 7.65. The monoisotopic (exact) mass is 600 g/mol. The summed E-state index contributed by atoms with van der Waals surface area (Å²) in [4.78, 5) is 13.5. The molecule has 0 radical (unpaired) electrons. The van der Waals surface area contributed by atoms with Gasteiger partial charge in [0.25, 0.3) is 0 Å². The number of hydrogen-bond acceptors (Lipinski definition) is 5. The van der Waals surface area contributed by atoms with E-state index in [0.717, 1.165) is 0 Å². The van der Waals surface area contributed by atoms with Crippen molar-refractivity contribution in [1.29, 1.82) is 0 Å². The Kier molecular flexibility index (Phi) is 9.03. The van der Waals surface area contributed by atoms with Crippen LogP contribution in [0.1, 0.15) is 48.8 Å². The lowest BCUT2D eigenvalue weighted by Crippen LogP contribution is -2.59. The van der Waals surface area contributed by atoms with Gasteiger partial charge >= 0.3 is 0 Å². The molecule has 0 unspecified atom stereocenters. The molecule has 3 aromatic carbocycles. The summed E-state index contributed by atoms with van der Waals surface area (Å²) in [5, 5.41) is 5.65. The number of sulfonamides is 1. The zero-order chi connectivity index (χ0) is 30.0. The van der Waals surface area contributed by atoms with Crippen molar-refractivity contribution < 1.29 is 26.4 Å². The summed E-state index contributed by atoms with van der Waals surface area (Å²) >= 11 is 0. The molecule has 3 atom stereocenters. The molecule has 3 aromatic rings. The molecule has 0 spiro atoms. The Morgan fingerprint density at radius 3 is 2.21 bits per heavy atom. The number of halogens is 3. The van der Waals surface area contributed by atoms with Crippen LogP contribution < -0.4 is 16.4 Å². The van der Waals surface area contributed by atoms with Crippen LogP contribution in [0.5, 0.6) is 0 Å². The molecule has 0 bridgehead atoms. The second-order valence-electron chi connectivity index (χ2n) is 11.1. The van der Waals surface area contributed by atoms with Crippen LogP contribution in [0.2, 0.25) is 0 Å². The number of carbonyl (C=O) groups is 1. The van der Waals surface area contributed by atoms with Gasteiger partial charge in [0, 0.05) is 42.3 Å². The van der Waals surface area contributed by atoms with Crippen molar-refractivity contribution in [2.24, 2.45) is 5.73 Å². The van der Waals surface area contributed by atoms with E-state index in [1.165, 1.54) is 48.5 Å². The largest absolute Gasteiger partial charge is 0.324 e. The van der Waals surface area contributed by atoms with Gasteiger partial charge in [0.05, 0.1) is 11.3 Å². The maximum Gasteiger partial charge on any atom is 0.242 e. The van der Waals surface area contributed by atoms with Crippen molar-refractivity contribution in [1.82, 2.24) is 9.62 Å². The van der Waals surface area contributed by atoms with Crippen LogP contribution in [0.3, 0.4) is 0 Å². The average Bonchev–Trinajstić information content (AvgIpc) is 3.79. The van der Waals surface area contributed by atoms with Gasteiger partial charge in [-0.25, -0.2) is 21.6 Å². The minimum atomic E-state index is -3.45. The van der Waals surface area contributed by atoms with E-state index < -0.39 is 45.3 Å². The second kappa shape index (κ2) is 12.5. The molecule has 1 aliphatic carbocycles. The fourth-order valence-electron chi connectivity index (χ4n) is 5.84. The van der Waals surface area contributed by atoms with Crippen LogP contribution in [0, 0.1) is 17.5 Å². The van der Waals surface area contributed by atoms with Crippen molar-refractivity contribution in [3.8, 4) is 0 Å². The maximum absolute atomic E-state index is 15.2. The van der Waals surface area contributed by atoms with Crippen LogP contribution in [0.25, 0.3) is 0 Å². The maximum atomic E-state index is 15.2. The molecule has 7 nitrogen and oxygen atoms in total. The fourth-order valence-corrected chi connectivity index (χ4v) is 8.09. The quantitative estimate of drug-likeness (QED) is 0.322. The van der Waals surface area contributed by atoms with Crippen LogP contribution >= 0.6 is 0 Å². The smallest absolute Gasteiger partial charge is 0.242 e. The molecular weight excluding hydrogens is 565 g/mol. The summed E-state index contributed by atoms with van der Waals surface area (Å²) in [7, 11) is -3.45. The first-order valence-electron chi connectivity index (χ1n) is 14.1. The van der Waals surface area contributed by atoms with Crippen LogP contribution in [-0.4, -0.2) is 55.1 Å². The Balaban J connectivity index is 1.37. The molecule has 1 saturated heterocycles. The highest BCUT2D eigenvalue weighted by atomic mass is 32.2. The number of nitrogens with one attached hydrogen (secondary N) is 2. The van der Waals surface area contributed by atoms with Crippen molar-refractivity contribution >= 4 is 21.6 Å². The molecule has 2 fully saturated rings. The van der Waals surface area contributed by atoms with Gasteiger partial charge in [0.2, 0.25) is 15.9 Å². The van der Waals surface area contributed by atoms with Gasteiger partial charge < -0.3 is 16.4 Å². The Hall–Kier alpha value is -3.25. The summed E-state index contributed by atoms with van der Waals surface area (Å²) in [5.74, 6) is -3.14.